The highest BCUT2D eigenvalue weighted by Gasteiger charge is 2.22. The van der Waals surface area contributed by atoms with Gasteiger partial charge in [-0.2, -0.15) is 9.78 Å². The Bertz CT molecular complexity index is 1570. The van der Waals surface area contributed by atoms with Gasteiger partial charge in [0, 0.05) is 21.0 Å². The lowest BCUT2D eigenvalue weighted by atomic mass is 9.88. The Labute approximate surface area is 239 Å². The maximum atomic E-state index is 13.6. The minimum Gasteiger partial charge on any atom is -0.493 e. The quantitative estimate of drug-likeness (QED) is 0.198. The molecule has 3 aromatic carbocycles. The number of rotatable bonds is 7. The van der Waals surface area contributed by atoms with Crippen molar-refractivity contribution in [3.8, 4) is 11.5 Å². The number of hydrogen-bond donors (Lipinski definition) is 0. The van der Waals surface area contributed by atoms with E-state index in [0.29, 0.717) is 43.8 Å². The Hall–Kier alpha value is -2.87. The van der Waals surface area contributed by atoms with Crippen LogP contribution in [0.2, 0.25) is 10.0 Å². The first-order valence-corrected chi connectivity index (χ1v) is 14.0. The van der Waals surface area contributed by atoms with E-state index in [0.717, 1.165) is 35.7 Å². The van der Waals surface area contributed by atoms with Crippen LogP contribution in [-0.4, -0.2) is 23.0 Å². The fraction of sp³-hybridized carbons (Fsp3) is 0.276. The molecule has 0 bridgehead atoms. The topological polar surface area (TPSA) is 65.7 Å². The second-order valence-corrected chi connectivity index (χ2v) is 11.0. The summed E-state index contributed by atoms with van der Waals surface area (Å²) < 4.78 is 13.8. The van der Waals surface area contributed by atoms with E-state index < -0.39 is 0 Å². The Balaban J connectivity index is 1.50. The molecule has 4 aromatic rings. The van der Waals surface area contributed by atoms with Crippen LogP contribution in [0.5, 0.6) is 11.5 Å². The predicted octanol–water partition coefficient (Wildman–Crippen LogP) is 7.98. The van der Waals surface area contributed by atoms with Gasteiger partial charge in [0.05, 0.1) is 29.2 Å². The molecule has 0 atom stereocenters. The number of halogens is 3. The van der Waals surface area contributed by atoms with E-state index in [4.69, 9.17) is 37.7 Å². The molecule has 0 N–H and O–H groups in total. The van der Waals surface area contributed by atoms with E-state index in [2.05, 4.69) is 21.0 Å². The lowest BCUT2D eigenvalue weighted by molar-refractivity contribution is 0.285. The molecule has 9 heteroatoms. The Morgan fingerprint density at radius 2 is 1.87 bits per heavy atom. The molecular weight excluding hydrogens is 589 g/mol. The SMILES string of the molecule is COc1cc(C=Nn2c(C3CCCCC3)nc3ccc(Br)cc3c2=O)cc(Cl)c1OCc1ccccc1Cl. The number of benzene rings is 3. The smallest absolute Gasteiger partial charge is 0.282 e. The average molecular weight is 615 g/mol. The van der Waals surface area contributed by atoms with Crippen LogP contribution in [0, 0.1) is 0 Å². The second kappa shape index (κ2) is 11.9. The van der Waals surface area contributed by atoms with Crippen LogP contribution in [0.1, 0.15) is 55.0 Å². The molecule has 1 aromatic heterocycles. The summed E-state index contributed by atoms with van der Waals surface area (Å²) in [5, 5.41) is 6.09. The van der Waals surface area contributed by atoms with E-state index in [-0.39, 0.29) is 18.1 Å². The van der Waals surface area contributed by atoms with Crippen molar-refractivity contribution < 1.29 is 9.47 Å². The van der Waals surface area contributed by atoms with Crippen LogP contribution in [0.3, 0.4) is 0 Å². The van der Waals surface area contributed by atoms with Gasteiger partial charge in [0.15, 0.2) is 11.5 Å². The van der Waals surface area contributed by atoms with Crippen molar-refractivity contribution >= 4 is 56.2 Å². The van der Waals surface area contributed by atoms with Crippen molar-refractivity contribution in [2.24, 2.45) is 5.10 Å². The summed E-state index contributed by atoms with van der Waals surface area (Å²) in [6, 6.07) is 16.5. The predicted molar refractivity (Wildman–Crippen MR) is 156 cm³/mol. The summed E-state index contributed by atoms with van der Waals surface area (Å²) in [5.41, 5.74) is 1.97. The van der Waals surface area contributed by atoms with Crippen molar-refractivity contribution in [2.45, 2.75) is 44.6 Å². The van der Waals surface area contributed by atoms with E-state index in [1.54, 1.807) is 31.5 Å². The van der Waals surface area contributed by atoms with E-state index >= 15 is 0 Å². The molecule has 0 unspecified atom stereocenters. The summed E-state index contributed by atoms with van der Waals surface area (Å²) in [5.74, 6) is 1.73. The first kappa shape index (κ1) is 26.7. The van der Waals surface area contributed by atoms with Gasteiger partial charge in [-0.3, -0.25) is 4.79 Å². The summed E-state index contributed by atoms with van der Waals surface area (Å²) in [7, 11) is 1.55. The molecule has 1 aliphatic carbocycles. The Kier molecular flexibility index (Phi) is 8.36. The molecule has 0 aliphatic heterocycles. The van der Waals surface area contributed by atoms with Crippen molar-refractivity contribution in [1.82, 2.24) is 9.66 Å². The molecule has 0 amide bonds. The third kappa shape index (κ3) is 5.75. The first-order chi connectivity index (χ1) is 18.4. The highest BCUT2D eigenvalue weighted by atomic mass is 79.9. The van der Waals surface area contributed by atoms with E-state index in [1.165, 1.54) is 11.1 Å². The third-order valence-corrected chi connectivity index (χ3v) is 7.85. The number of fused-ring (bicyclic) bond motifs is 1. The lowest BCUT2D eigenvalue weighted by Gasteiger charge is -2.22. The van der Waals surface area contributed by atoms with Gasteiger partial charge in [-0.15, -0.1) is 0 Å². The third-order valence-electron chi connectivity index (χ3n) is 6.71. The fourth-order valence-electron chi connectivity index (χ4n) is 4.75. The van der Waals surface area contributed by atoms with Gasteiger partial charge < -0.3 is 9.47 Å². The molecule has 1 fully saturated rings. The normalized spacial score (nSPS) is 14.3. The zero-order chi connectivity index (χ0) is 26.6. The van der Waals surface area contributed by atoms with Crippen LogP contribution >= 0.6 is 39.1 Å². The standard InChI is InChI=1S/C29H26BrCl2N3O3/c1-37-26-14-18(13-24(32)27(26)38-17-20-9-5-6-10-23(20)31)16-33-35-28(19-7-3-2-4-8-19)34-25-12-11-21(30)15-22(25)29(35)36/h5-6,9-16,19H,2-4,7-8,17H2,1H3. The fourth-order valence-corrected chi connectivity index (χ4v) is 5.57. The van der Waals surface area contributed by atoms with Crippen molar-refractivity contribution in [2.75, 3.05) is 7.11 Å². The molecule has 0 saturated heterocycles. The van der Waals surface area contributed by atoms with Crippen LogP contribution in [0.25, 0.3) is 10.9 Å². The van der Waals surface area contributed by atoms with Crippen molar-refractivity contribution in [1.29, 1.82) is 0 Å². The maximum absolute atomic E-state index is 13.6. The number of methoxy groups -OCH3 is 1. The van der Waals surface area contributed by atoms with Crippen molar-refractivity contribution in [3.05, 3.63) is 96.4 Å². The van der Waals surface area contributed by atoms with Gasteiger partial charge in [0.25, 0.3) is 5.56 Å². The lowest BCUT2D eigenvalue weighted by Crippen LogP contribution is -2.25. The maximum Gasteiger partial charge on any atom is 0.282 e. The molecule has 1 saturated carbocycles. The molecule has 1 aliphatic rings. The summed E-state index contributed by atoms with van der Waals surface area (Å²) in [6.07, 6.45) is 7.01. The first-order valence-electron chi connectivity index (χ1n) is 12.4. The van der Waals surface area contributed by atoms with Gasteiger partial charge in [-0.05, 0) is 54.8 Å². The van der Waals surface area contributed by atoms with Crippen LogP contribution < -0.4 is 15.0 Å². The largest absolute Gasteiger partial charge is 0.493 e. The van der Waals surface area contributed by atoms with E-state index in [1.807, 2.05) is 36.4 Å². The molecule has 5 rings (SSSR count). The number of ether oxygens (including phenoxy) is 2. The zero-order valence-electron chi connectivity index (χ0n) is 20.8. The summed E-state index contributed by atoms with van der Waals surface area (Å²) in [4.78, 5) is 18.4. The molecule has 0 spiro atoms. The average Bonchev–Trinajstić information content (AvgIpc) is 2.93. The summed E-state index contributed by atoms with van der Waals surface area (Å²) >= 11 is 16.3. The van der Waals surface area contributed by atoms with Gasteiger partial charge in [-0.1, -0.05) is 76.6 Å². The van der Waals surface area contributed by atoms with E-state index in [9.17, 15) is 4.79 Å². The monoisotopic (exact) mass is 613 g/mol. The minimum atomic E-state index is -0.203. The second-order valence-electron chi connectivity index (χ2n) is 9.24. The van der Waals surface area contributed by atoms with Crippen LogP contribution in [0.15, 0.2) is 69.0 Å². The molecule has 38 heavy (non-hydrogen) atoms. The van der Waals surface area contributed by atoms with Crippen LogP contribution in [-0.2, 0) is 6.61 Å². The summed E-state index contributed by atoms with van der Waals surface area (Å²) in [6.45, 7) is 0.238. The highest BCUT2D eigenvalue weighted by molar-refractivity contribution is 9.10. The van der Waals surface area contributed by atoms with Crippen molar-refractivity contribution in [3.63, 3.8) is 0 Å². The van der Waals surface area contributed by atoms with Gasteiger partial charge >= 0.3 is 0 Å². The molecule has 1 heterocycles. The van der Waals surface area contributed by atoms with Gasteiger partial charge in [-0.25, -0.2) is 4.98 Å². The van der Waals surface area contributed by atoms with Gasteiger partial charge in [0.2, 0.25) is 0 Å². The highest BCUT2D eigenvalue weighted by Crippen LogP contribution is 2.37. The molecule has 196 valence electrons. The number of aromatic nitrogens is 2. The molecule has 6 nitrogen and oxygen atoms in total. The van der Waals surface area contributed by atoms with Crippen LogP contribution in [0.4, 0.5) is 0 Å². The minimum absolute atomic E-state index is 0.181. The Morgan fingerprint density at radius 1 is 1.08 bits per heavy atom. The Morgan fingerprint density at radius 3 is 2.63 bits per heavy atom. The number of hydrogen-bond acceptors (Lipinski definition) is 5. The number of nitrogens with zero attached hydrogens (tertiary/aromatic N) is 3. The molecule has 0 radical (unpaired) electrons. The van der Waals surface area contributed by atoms with Gasteiger partial charge in [0.1, 0.15) is 12.4 Å². The zero-order valence-corrected chi connectivity index (χ0v) is 23.9. The molecular formula is C29H26BrCl2N3O3.